The second kappa shape index (κ2) is 21.3. The van der Waals surface area contributed by atoms with Gasteiger partial charge in [-0.05, 0) is 195 Å². The molecular formula is C73H64F3NO6. The van der Waals surface area contributed by atoms with Crippen molar-refractivity contribution in [1.82, 2.24) is 0 Å². The Hall–Kier alpha value is -8.60. The molecule has 418 valence electrons. The molecule has 0 bridgehead atoms. The Morgan fingerprint density at radius 2 is 1.37 bits per heavy atom. The Balaban J connectivity index is 0.821. The number of furan rings is 1. The predicted octanol–water partition coefficient (Wildman–Crippen LogP) is 17.1. The average molecular weight is 1110 g/mol. The number of alkyl halides is 3. The number of amides is 1. The van der Waals surface area contributed by atoms with Gasteiger partial charge < -0.3 is 29.1 Å². The van der Waals surface area contributed by atoms with E-state index in [4.69, 9.17) is 18.6 Å². The molecule has 1 aromatic heterocycles. The van der Waals surface area contributed by atoms with Crippen LogP contribution in [0.5, 0.6) is 17.2 Å². The van der Waals surface area contributed by atoms with Gasteiger partial charge in [-0.15, -0.1) is 0 Å². The lowest BCUT2D eigenvalue weighted by molar-refractivity contribution is -0.137. The molecule has 1 fully saturated rings. The molecule has 13 rings (SSSR count). The van der Waals surface area contributed by atoms with Gasteiger partial charge in [0.2, 0.25) is 0 Å². The first-order valence-electron chi connectivity index (χ1n) is 29.0. The van der Waals surface area contributed by atoms with Crippen molar-refractivity contribution in [3.8, 4) is 39.5 Å². The predicted molar refractivity (Wildman–Crippen MR) is 325 cm³/mol. The van der Waals surface area contributed by atoms with Crippen molar-refractivity contribution in [1.29, 1.82) is 0 Å². The molecule has 2 heterocycles. The lowest BCUT2D eigenvalue weighted by atomic mass is 9.70. The van der Waals surface area contributed by atoms with Crippen LogP contribution in [0.3, 0.4) is 0 Å². The number of aliphatic hydroxyl groups is 1. The van der Waals surface area contributed by atoms with Crippen molar-refractivity contribution >= 4 is 56.0 Å². The van der Waals surface area contributed by atoms with E-state index in [-0.39, 0.29) is 16.8 Å². The van der Waals surface area contributed by atoms with E-state index in [2.05, 4.69) is 85.1 Å². The molecule has 0 spiro atoms. The van der Waals surface area contributed by atoms with Gasteiger partial charge in [-0.2, -0.15) is 13.2 Å². The molecule has 1 unspecified atom stereocenters. The fraction of sp³-hybridized carbons (Fsp3) is 0.247. The Morgan fingerprint density at radius 3 is 2.02 bits per heavy atom. The Kier molecular flexibility index (Phi) is 13.8. The van der Waals surface area contributed by atoms with Crippen molar-refractivity contribution in [3.63, 3.8) is 0 Å². The van der Waals surface area contributed by atoms with Crippen LogP contribution in [0.1, 0.15) is 116 Å². The smallest absolute Gasteiger partial charge is 0.417 e. The monoisotopic (exact) mass is 1110 g/mol. The maximum absolute atomic E-state index is 15.2. The summed E-state index contributed by atoms with van der Waals surface area (Å²) < 4.78 is 69.7. The zero-order valence-corrected chi connectivity index (χ0v) is 47.0. The molecule has 4 aliphatic rings. The third-order valence-electron chi connectivity index (χ3n) is 18.1. The van der Waals surface area contributed by atoms with Crippen LogP contribution in [0.25, 0.3) is 66.6 Å². The lowest BCUT2D eigenvalue weighted by Crippen LogP contribution is -2.39. The number of hydrogen-bond acceptors (Lipinski definition) is 6. The molecule has 1 aliphatic heterocycles. The van der Waals surface area contributed by atoms with Crippen molar-refractivity contribution in [2.75, 3.05) is 19.5 Å². The highest BCUT2D eigenvalue weighted by Crippen LogP contribution is 2.49. The quantitative estimate of drug-likeness (QED) is 0.105. The van der Waals surface area contributed by atoms with Crippen LogP contribution >= 0.6 is 0 Å². The second-order valence-electron chi connectivity index (χ2n) is 22.8. The number of nitrogens with one attached hydrogen (secondary N) is 1. The summed E-state index contributed by atoms with van der Waals surface area (Å²) in [5.41, 5.74) is 6.44. The van der Waals surface area contributed by atoms with Crippen LogP contribution in [0, 0.1) is 5.92 Å². The number of hydrogen-bond donors (Lipinski definition) is 2. The van der Waals surface area contributed by atoms with Gasteiger partial charge in [0.25, 0.3) is 5.91 Å². The maximum Gasteiger partial charge on any atom is 0.417 e. The molecule has 1 saturated carbocycles. The molecule has 7 nitrogen and oxygen atoms in total. The number of ether oxygens (including phenoxy) is 3. The highest BCUT2D eigenvalue weighted by atomic mass is 19.4. The van der Waals surface area contributed by atoms with Crippen LogP contribution in [0.4, 0.5) is 18.9 Å². The second-order valence-corrected chi connectivity index (χ2v) is 22.8. The third-order valence-corrected chi connectivity index (χ3v) is 18.1. The first-order chi connectivity index (χ1) is 40.3. The molecule has 2 N–H and O–H groups in total. The number of methoxy groups -OCH3 is 2. The van der Waals surface area contributed by atoms with Crippen LogP contribution < -0.4 is 30.0 Å². The molecule has 1 amide bonds. The molecule has 1 atom stereocenters. The number of carbonyl (C=O) groups is 1. The topological polar surface area (TPSA) is 90.2 Å². The highest BCUT2D eigenvalue weighted by molar-refractivity contribution is 6.22. The van der Waals surface area contributed by atoms with Gasteiger partial charge in [0, 0.05) is 33.0 Å². The van der Waals surface area contributed by atoms with Gasteiger partial charge >= 0.3 is 6.18 Å². The summed E-state index contributed by atoms with van der Waals surface area (Å²) >= 11 is 0. The number of anilines is 1. The normalized spacial score (nSPS) is 18.7. The van der Waals surface area contributed by atoms with E-state index in [9.17, 15) is 9.90 Å². The molecule has 3 aliphatic carbocycles. The van der Waals surface area contributed by atoms with Gasteiger partial charge in [0.05, 0.1) is 31.5 Å². The Labute approximate surface area is 480 Å². The number of allylic oxidation sites excluding steroid dienone is 4. The summed E-state index contributed by atoms with van der Waals surface area (Å²) in [4.78, 5) is 13.6. The molecule has 83 heavy (non-hydrogen) atoms. The molecule has 8 aromatic carbocycles. The summed E-state index contributed by atoms with van der Waals surface area (Å²) in [5.74, 6) is 2.90. The van der Waals surface area contributed by atoms with E-state index in [0.29, 0.717) is 51.2 Å². The van der Waals surface area contributed by atoms with Crippen molar-refractivity contribution < 1.29 is 41.7 Å². The number of halogens is 3. The van der Waals surface area contributed by atoms with Gasteiger partial charge in [-0.3, -0.25) is 4.79 Å². The lowest BCUT2D eigenvalue weighted by Gasteiger charge is -2.33. The van der Waals surface area contributed by atoms with Crippen LogP contribution in [0.2, 0.25) is 0 Å². The Bertz CT molecular complexity index is 4190. The summed E-state index contributed by atoms with van der Waals surface area (Å²) in [7, 11) is 3.30. The SMILES string of the molecule is CCCCCC1CCC(c2ccc(-c3ccc(C(=O)Nc4ccc(-c5ccc6c(c5)oc5ccc7c8c(c9c(c7c56)OC=CC9(O)CC)=CC5=CC(c6ccc(OC)cc6)(c6ccc(OC)cc6)C=CC=85)c(C(F)(F)F)c4)cc3)cc2)CC1. The van der Waals surface area contributed by atoms with Gasteiger partial charge in [-0.1, -0.05) is 131 Å². The van der Waals surface area contributed by atoms with Gasteiger partial charge in [0.1, 0.15) is 34.0 Å². The molecule has 10 heteroatoms. The Morgan fingerprint density at radius 1 is 0.711 bits per heavy atom. The molecule has 0 saturated heterocycles. The molecule has 0 radical (unpaired) electrons. The number of benzene rings is 8. The van der Waals surface area contributed by atoms with E-state index in [1.807, 2.05) is 55.5 Å². The van der Waals surface area contributed by atoms with Crippen LogP contribution in [0.15, 0.2) is 186 Å². The third kappa shape index (κ3) is 9.51. The van der Waals surface area contributed by atoms with Gasteiger partial charge in [0.15, 0.2) is 0 Å². The van der Waals surface area contributed by atoms with Crippen molar-refractivity contribution in [2.45, 2.75) is 94.7 Å². The highest BCUT2D eigenvalue weighted by Gasteiger charge is 2.40. The minimum atomic E-state index is -4.77. The first-order valence-corrected chi connectivity index (χ1v) is 29.0. The van der Waals surface area contributed by atoms with E-state index in [0.717, 1.165) is 78.1 Å². The largest absolute Gasteiger partial charge is 0.497 e. The molecule has 9 aromatic rings. The number of rotatable bonds is 14. The maximum atomic E-state index is 15.2. The zero-order valence-electron chi connectivity index (χ0n) is 47.0. The number of unbranched alkanes of at least 4 members (excludes halogenated alkanes) is 2. The van der Waals surface area contributed by atoms with E-state index in [1.54, 1.807) is 50.6 Å². The number of fused-ring (bicyclic) bond motifs is 11. The van der Waals surface area contributed by atoms with E-state index >= 15 is 13.2 Å². The van der Waals surface area contributed by atoms with Crippen molar-refractivity contribution in [3.05, 3.63) is 226 Å². The summed E-state index contributed by atoms with van der Waals surface area (Å²) in [6, 6.07) is 44.9. The fourth-order valence-electron chi connectivity index (χ4n) is 13.6. The minimum Gasteiger partial charge on any atom is -0.497 e. The fourth-order valence-corrected chi connectivity index (χ4v) is 13.6. The molecular weight excluding hydrogens is 1040 g/mol. The summed E-state index contributed by atoms with van der Waals surface area (Å²) in [5, 5.41) is 20.0. The van der Waals surface area contributed by atoms with Crippen LogP contribution in [-0.2, 0) is 17.2 Å². The first kappa shape index (κ1) is 53.7. The van der Waals surface area contributed by atoms with Crippen molar-refractivity contribution in [2.24, 2.45) is 5.92 Å². The van der Waals surface area contributed by atoms with Gasteiger partial charge in [-0.25, -0.2) is 0 Å². The average Bonchev–Trinajstić information content (AvgIpc) is 3.16. The standard InChI is InChI=1S/C73H64F3NO6/c1-5-7-8-9-44-10-12-45(13-11-44)46-14-16-47(17-15-46)48-18-20-49(21-19-48)70(78)77-54-27-33-57(62(42-54)73(74,75)76)50-22-32-59-64(41-50)83-63-35-34-60-65-58-36-37-71(52-23-28-55(80-3)29-24-52,53-25-30-56(81-4)31-26-53)43-51(58)40-61(65)68-69(67(60)66(59)63)82-39-38-72(68,79)6-2/h14-45,79H,5-13H2,1-4H3,(H,77,78). The summed E-state index contributed by atoms with van der Waals surface area (Å²) in [6.07, 6.45) is 17.9. The van der Waals surface area contributed by atoms with E-state index in [1.165, 1.54) is 75.3 Å². The zero-order chi connectivity index (χ0) is 57.2. The minimum absolute atomic E-state index is 0.0171. The van der Waals surface area contributed by atoms with Crippen LogP contribution in [-0.4, -0.2) is 25.2 Å². The number of carbonyl (C=O) groups excluding carboxylic acids is 1. The summed E-state index contributed by atoms with van der Waals surface area (Å²) in [6.45, 7) is 4.20. The van der Waals surface area contributed by atoms with E-state index < -0.39 is 28.7 Å².